The highest BCUT2D eigenvalue weighted by atomic mass is 32.2. The molecule has 0 fully saturated rings. The van der Waals surface area contributed by atoms with E-state index in [0.717, 1.165) is 4.90 Å². The zero-order valence-corrected chi connectivity index (χ0v) is 10.3. The quantitative estimate of drug-likeness (QED) is 0.593. The van der Waals surface area contributed by atoms with Crippen molar-refractivity contribution in [3.05, 3.63) is 24.3 Å². The predicted molar refractivity (Wildman–Crippen MR) is 64.6 cm³/mol. The summed E-state index contributed by atoms with van der Waals surface area (Å²) >= 11 is 5.94. The number of rotatable bonds is 2. The van der Waals surface area contributed by atoms with Gasteiger partial charge in [-0.3, -0.25) is 4.31 Å². The zero-order chi connectivity index (χ0) is 10.3. The van der Waals surface area contributed by atoms with Crippen LogP contribution in [-0.4, -0.2) is 18.4 Å². The Morgan fingerprint density at radius 2 is 1.85 bits per heavy atom. The van der Waals surface area contributed by atoms with Crippen molar-refractivity contribution >= 4 is 24.6 Å². The van der Waals surface area contributed by atoms with Crippen LogP contribution >= 0.6 is 24.6 Å². The van der Waals surface area contributed by atoms with Crippen molar-refractivity contribution in [1.29, 1.82) is 0 Å². The monoisotopic (exact) mass is 215 g/mol. The minimum atomic E-state index is 1.01. The van der Waals surface area contributed by atoms with E-state index < -0.39 is 0 Å². The van der Waals surface area contributed by atoms with Gasteiger partial charge in [-0.1, -0.05) is 19.9 Å². The topological polar surface area (TPSA) is 3.24 Å². The van der Waals surface area contributed by atoms with E-state index >= 15 is 0 Å². The Kier molecular flexibility index (Phi) is 7.23. The van der Waals surface area contributed by atoms with Crippen molar-refractivity contribution in [2.24, 2.45) is 0 Å². The molecule has 0 N–H and O–H groups in total. The van der Waals surface area contributed by atoms with Crippen LogP contribution in [0.2, 0.25) is 0 Å². The molecule has 1 aromatic rings. The second-order valence-corrected chi connectivity index (χ2v) is 4.30. The molecule has 3 heteroatoms. The molecule has 0 unspecified atom stereocenters. The molecule has 0 bridgehead atoms. The smallest absolute Gasteiger partial charge is 0.0241 e. The predicted octanol–water partition coefficient (Wildman–Crippen LogP) is 3.57. The van der Waals surface area contributed by atoms with Crippen molar-refractivity contribution in [3.63, 3.8) is 0 Å². The number of hydrogen-bond donors (Lipinski definition) is 1. The van der Waals surface area contributed by atoms with E-state index in [9.17, 15) is 0 Å². The molecular formula is C10H17NS2. The van der Waals surface area contributed by atoms with Crippen molar-refractivity contribution < 1.29 is 0 Å². The molecule has 0 aliphatic carbocycles. The van der Waals surface area contributed by atoms with Gasteiger partial charge in [-0.2, -0.15) is 0 Å². The Morgan fingerprint density at radius 1 is 1.23 bits per heavy atom. The fourth-order valence-corrected chi connectivity index (χ4v) is 1.80. The molecule has 0 amide bonds. The molecule has 0 radical (unpaired) electrons. The third-order valence-electron chi connectivity index (χ3n) is 1.11. The van der Waals surface area contributed by atoms with Crippen LogP contribution in [-0.2, 0) is 0 Å². The maximum atomic E-state index is 4.24. The lowest BCUT2D eigenvalue weighted by molar-refractivity contribution is 0.702. The van der Waals surface area contributed by atoms with E-state index in [1.165, 1.54) is 4.90 Å². The maximum absolute atomic E-state index is 4.24. The summed E-state index contributed by atoms with van der Waals surface area (Å²) in [6, 6.07) is 8.11. The zero-order valence-electron chi connectivity index (χ0n) is 8.61. The van der Waals surface area contributed by atoms with Gasteiger partial charge < -0.3 is 0 Å². The van der Waals surface area contributed by atoms with Crippen LogP contribution in [0.1, 0.15) is 13.8 Å². The normalized spacial score (nSPS) is 9.38. The minimum Gasteiger partial charge on any atom is -0.253 e. The summed E-state index contributed by atoms with van der Waals surface area (Å²) in [5.41, 5.74) is 0. The van der Waals surface area contributed by atoms with Gasteiger partial charge in [0.2, 0.25) is 0 Å². The van der Waals surface area contributed by atoms with Gasteiger partial charge in [-0.05, 0) is 44.2 Å². The number of thiol groups is 1. The summed E-state index contributed by atoms with van der Waals surface area (Å²) in [4.78, 5) is 2.24. The third-order valence-corrected chi connectivity index (χ3v) is 2.21. The van der Waals surface area contributed by atoms with E-state index in [0.29, 0.717) is 0 Å². The third kappa shape index (κ3) is 6.02. The standard InChI is InChI=1S/C8H11NS2.C2H6/c1-9(2)11-8-5-3-4-7(10)6-8;1-2/h3-6,10H,1-2H3;1-2H3. The molecule has 0 heterocycles. The molecule has 1 nitrogen and oxygen atoms in total. The van der Waals surface area contributed by atoms with Crippen LogP contribution in [0.3, 0.4) is 0 Å². The van der Waals surface area contributed by atoms with E-state index in [4.69, 9.17) is 0 Å². The Balaban J connectivity index is 0.000000671. The summed E-state index contributed by atoms with van der Waals surface area (Å²) in [7, 11) is 4.05. The molecule has 1 aromatic carbocycles. The second kappa shape index (κ2) is 7.30. The molecule has 0 aliphatic rings. The molecule has 0 atom stereocenters. The van der Waals surface area contributed by atoms with Crippen LogP contribution in [0.15, 0.2) is 34.1 Å². The average Bonchev–Trinajstić information content (AvgIpc) is 2.06. The lowest BCUT2D eigenvalue weighted by atomic mass is 10.4. The van der Waals surface area contributed by atoms with Gasteiger partial charge in [0.05, 0.1) is 0 Å². The molecule has 74 valence electrons. The fraction of sp³-hybridized carbons (Fsp3) is 0.400. The van der Waals surface area contributed by atoms with E-state index in [1.54, 1.807) is 11.9 Å². The van der Waals surface area contributed by atoms with Crippen LogP contribution in [0, 0.1) is 0 Å². The fourth-order valence-electron chi connectivity index (χ4n) is 0.751. The molecule has 0 aliphatic heterocycles. The number of nitrogens with zero attached hydrogens (tertiary/aromatic N) is 1. The molecule has 0 saturated heterocycles. The van der Waals surface area contributed by atoms with Gasteiger partial charge >= 0.3 is 0 Å². The Labute approximate surface area is 91.1 Å². The lowest BCUT2D eigenvalue weighted by Gasteiger charge is -2.07. The summed E-state index contributed by atoms with van der Waals surface area (Å²) in [5.74, 6) is 0. The maximum Gasteiger partial charge on any atom is 0.0241 e. The first-order valence-corrected chi connectivity index (χ1v) is 5.55. The van der Waals surface area contributed by atoms with Crippen molar-refractivity contribution in [2.75, 3.05) is 14.1 Å². The molecule has 0 spiro atoms. The SMILES string of the molecule is CC.CN(C)Sc1cccc(S)c1. The van der Waals surface area contributed by atoms with Gasteiger partial charge in [0.1, 0.15) is 0 Å². The average molecular weight is 215 g/mol. The molecule has 13 heavy (non-hydrogen) atoms. The van der Waals surface area contributed by atoms with E-state index in [-0.39, 0.29) is 0 Å². The summed E-state index contributed by atoms with van der Waals surface area (Å²) < 4.78 is 2.06. The second-order valence-electron chi connectivity index (χ2n) is 2.40. The minimum absolute atomic E-state index is 1.01. The highest BCUT2D eigenvalue weighted by Gasteiger charge is 1.94. The molecule has 1 rings (SSSR count). The van der Waals surface area contributed by atoms with Crippen molar-refractivity contribution in [1.82, 2.24) is 4.31 Å². The van der Waals surface area contributed by atoms with Gasteiger partial charge in [-0.25, -0.2) is 0 Å². The summed E-state index contributed by atoms with van der Waals surface area (Å²) in [6.45, 7) is 4.00. The largest absolute Gasteiger partial charge is 0.253 e. The van der Waals surface area contributed by atoms with Crippen molar-refractivity contribution in [2.45, 2.75) is 23.6 Å². The van der Waals surface area contributed by atoms with Crippen LogP contribution < -0.4 is 0 Å². The number of hydrogen-bond acceptors (Lipinski definition) is 3. The van der Waals surface area contributed by atoms with E-state index in [2.05, 4.69) is 23.0 Å². The van der Waals surface area contributed by atoms with Gasteiger partial charge in [-0.15, -0.1) is 12.6 Å². The van der Waals surface area contributed by atoms with Crippen LogP contribution in [0.4, 0.5) is 0 Å². The van der Waals surface area contributed by atoms with E-state index in [1.807, 2.05) is 46.1 Å². The highest BCUT2D eigenvalue weighted by Crippen LogP contribution is 2.21. The van der Waals surface area contributed by atoms with Gasteiger partial charge in [0.15, 0.2) is 0 Å². The molecule has 0 saturated carbocycles. The first-order chi connectivity index (χ1) is 6.18. The van der Waals surface area contributed by atoms with Gasteiger partial charge in [0.25, 0.3) is 0 Å². The lowest BCUT2D eigenvalue weighted by Crippen LogP contribution is -1.98. The Hall–Kier alpha value is -0.120. The Bertz CT molecular complexity index is 236. The molecular weight excluding hydrogens is 198 g/mol. The number of benzene rings is 1. The van der Waals surface area contributed by atoms with Crippen LogP contribution in [0.5, 0.6) is 0 Å². The van der Waals surface area contributed by atoms with Gasteiger partial charge in [0, 0.05) is 9.79 Å². The summed E-state index contributed by atoms with van der Waals surface area (Å²) in [5, 5.41) is 0. The first-order valence-electron chi connectivity index (χ1n) is 4.33. The first kappa shape index (κ1) is 12.9. The van der Waals surface area contributed by atoms with Crippen LogP contribution in [0.25, 0.3) is 0 Å². The highest BCUT2D eigenvalue weighted by molar-refractivity contribution is 7.97. The Morgan fingerprint density at radius 3 is 2.31 bits per heavy atom. The summed E-state index contributed by atoms with van der Waals surface area (Å²) in [6.07, 6.45) is 0. The van der Waals surface area contributed by atoms with Crippen molar-refractivity contribution in [3.8, 4) is 0 Å². The molecule has 0 aromatic heterocycles.